The Balaban J connectivity index is -0.00000000827. The Morgan fingerprint density at radius 3 is 0.500 bits per heavy atom. The number of carboxylic acid groups (broad SMARTS) is 6. The van der Waals surface area contributed by atoms with Crippen LogP contribution in [0.3, 0.4) is 0 Å². The molecule has 0 aliphatic rings. The smallest absolute Gasteiger partial charge is 0.316 e. The minimum atomic E-state index is -2.33. The zero-order valence-electron chi connectivity index (χ0n) is 5.88. The second kappa shape index (κ2) is 50.2. The summed E-state index contributed by atoms with van der Waals surface area (Å²) < 4.78 is 0. The molecule has 0 unspecified atom stereocenters. The summed E-state index contributed by atoms with van der Waals surface area (Å²) in [6, 6.07) is 0. The Labute approximate surface area is 215 Å². The van der Waals surface area contributed by atoms with Crippen LogP contribution in [-0.2, 0) is 34.1 Å². The Kier molecular flexibility index (Phi) is 163. The molecule has 0 saturated heterocycles. The molecule has 0 aromatic carbocycles. The maximum atomic E-state index is 8.33. The van der Waals surface area contributed by atoms with Crippen LogP contribution in [0.15, 0.2) is 0 Å². The second-order valence-electron chi connectivity index (χ2n) is 0.750. The van der Waals surface area contributed by atoms with Gasteiger partial charge < -0.3 is 45.0 Å². The zero-order chi connectivity index (χ0) is 10.7. The fourth-order valence-corrected chi connectivity index (χ4v) is 0. The number of hydrogen-bond donors (Lipinski definition) is 0. The molecule has 0 aliphatic carbocycles. The molecule has 0 aliphatic heterocycles. The van der Waals surface area contributed by atoms with Crippen LogP contribution < -0.4 is 30.6 Å². The van der Waals surface area contributed by atoms with Gasteiger partial charge in [-0.2, -0.15) is 0 Å². The predicted octanol–water partition coefficient (Wildman–Crippen LogP) is -11.0. The van der Waals surface area contributed by atoms with Gasteiger partial charge in [-0.05, 0) is 18.5 Å². The van der Waals surface area contributed by atoms with E-state index < -0.39 is 18.5 Å². The average molecular weight is 429 g/mol. The SMILES string of the molecule is O=C([O-])[O-].O=C([O-])[O-].O=C([O-])[O-].[CaH2].[CaH2].[Fe+3].[Fe+3].[MgH2].[MgH2]. The Hall–Kier alpha value is 2.90. The predicted molar refractivity (Wildman–Crippen MR) is 50.4 cm³/mol. The van der Waals surface area contributed by atoms with E-state index in [-0.39, 0.29) is 156 Å². The maximum Gasteiger partial charge on any atom is 3.00 e. The van der Waals surface area contributed by atoms with Gasteiger partial charge in [0.15, 0.2) is 0 Å². The molecule has 9 nitrogen and oxygen atoms in total. The molecule has 0 atom stereocenters. The Bertz CT molecular complexity index is 133. The first kappa shape index (κ1) is 58.4. The molecule has 0 saturated carbocycles. The normalized spacial score (nSPS) is 4.00. The summed E-state index contributed by atoms with van der Waals surface area (Å²) in [5.74, 6) is 0. The summed E-state index contributed by atoms with van der Waals surface area (Å²) in [4.78, 5) is 25.0. The van der Waals surface area contributed by atoms with Crippen molar-refractivity contribution < 1.29 is 79.2 Å². The third kappa shape index (κ3) is 720. The van der Waals surface area contributed by atoms with Crippen LogP contribution in [0.4, 0.5) is 14.4 Å². The van der Waals surface area contributed by atoms with Crippen molar-refractivity contribution in [3.63, 3.8) is 0 Å². The van der Waals surface area contributed by atoms with Gasteiger partial charge in [0.25, 0.3) is 0 Å². The number of carbonyl (C=O) groups excluding carboxylic acids is 3. The molecule has 0 amide bonds. The van der Waals surface area contributed by atoms with Gasteiger partial charge in [-0.1, -0.05) is 0 Å². The van der Waals surface area contributed by atoms with Crippen LogP contribution in [0, 0.1) is 0 Å². The van der Waals surface area contributed by atoms with E-state index in [0.717, 1.165) is 0 Å². The minimum Gasteiger partial charge on any atom is 0.316 e. The van der Waals surface area contributed by atoms with Gasteiger partial charge in [0.05, 0.1) is 0 Å². The van der Waals surface area contributed by atoms with Gasteiger partial charge >= 0.3 is 156 Å². The quantitative estimate of drug-likeness (QED) is 0.337. The van der Waals surface area contributed by atoms with Crippen molar-refractivity contribution in [3.8, 4) is 0 Å². The molecule has 0 aromatic heterocycles. The molecule has 18 heavy (non-hydrogen) atoms. The van der Waals surface area contributed by atoms with Crippen molar-refractivity contribution in [2.75, 3.05) is 0 Å². The van der Waals surface area contributed by atoms with E-state index in [9.17, 15) is 0 Å². The first-order chi connectivity index (χ1) is 5.20. The van der Waals surface area contributed by atoms with E-state index >= 15 is 0 Å². The molecule has 98 valence electrons. The standard InChI is InChI=1S/3CH2O3.2Ca.2Fe.2Mg.8H/c3*2-1(3)4;;;;;;;;;;;;;;/h3*(H2,2,3,4);;;;;;;;;;;;;;/q;;;;;2*+3;;;;;;;;;;/p-6. The first-order valence-corrected chi connectivity index (χ1v) is 1.84. The topological polar surface area (TPSA) is 190 Å². The van der Waals surface area contributed by atoms with E-state index in [1.165, 1.54) is 0 Å². The van der Waals surface area contributed by atoms with Crippen molar-refractivity contribution in [3.05, 3.63) is 0 Å². The molecular formula is C3H8Ca2Fe2Mg2O9. The van der Waals surface area contributed by atoms with Gasteiger partial charge in [0.2, 0.25) is 0 Å². The maximum absolute atomic E-state index is 8.33. The summed E-state index contributed by atoms with van der Waals surface area (Å²) in [6.07, 6.45) is -7.00. The molecule has 0 fully saturated rings. The fourth-order valence-electron chi connectivity index (χ4n) is 0. The third-order valence-corrected chi connectivity index (χ3v) is 0. The van der Waals surface area contributed by atoms with Gasteiger partial charge in [0, 0.05) is 0 Å². The van der Waals surface area contributed by atoms with Crippen LogP contribution in [0.1, 0.15) is 0 Å². The van der Waals surface area contributed by atoms with Crippen molar-refractivity contribution in [2.45, 2.75) is 0 Å². The van der Waals surface area contributed by atoms with E-state index in [2.05, 4.69) is 0 Å². The zero-order valence-corrected chi connectivity index (χ0v) is 8.09. The number of carbonyl (C=O) groups is 3. The Morgan fingerprint density at radius 1 is 0.500 bits per heavy atom. The largest absolute Gasteiger partial charge is 3.00 e. The van der Waals surface area contributed by atoms with Gasteiger partial charge in [-0.15, -0.1) is 0 Å². The van der Waals surface area contributed by atoms with Crippen molar-refractivity contribution in [1.82, 2.24) is 0 Å². The van der Waals surface area contributed by atoms with Crippen LogP contribution in [0.5, 0.6) is 0 Å². The molecule has 2 radical (unpaired) electrons. The molecule has 15 heteroatoms. The summed E-state index contributed by atoms with van der Waals surface area (Å²) in [7, 11) is 0. The van der Waals surface area contributed by atoms with Crippen molar-refractivity contribution in [2.24, 2.45) is 0 Å². The van der Waals surface area contributed by atoms with Crippen LogP contribution in [0.25, 0.3) is 0 Å². The van der Waals surface area contributed by atoms with Crippen LogP contribution in [-0.4, -0.2) is 140 Å². The van der Waals surface area contributed by atoms with Gasteiger partial charge in [0.1, 0.15) is 0 Å². The van der Waals surface area contributed by atoms with Crippen LogP contribution in [0.2, 0.25) is 0 Å². The van der Waals surface area contributed by atoms with Crippen molar-refractivity contribution >= 4 is 140 Å². The minimum absolute atomic E-state index is 0. The molecule has 0 bridgehead atoms. The van der Waals surface area contributed by atoms with E-state index in [1.807, 2.05) is 0 Å². The monoisotopic (exact) mass is 428 g/mol. The fraction of sp³-hybridized carbons (Fsp3) is 0. The first-order valence-electron chi connectivity index (χ1n) is 1.84. The molecular weight excluding hydrogens is 420 g/mol. The molecule has 0 rings (SSSR count). The third-order valence-electron chi connectivity index (χ3n) is 0. The summed E-state index contributed by atoms with van der Waals surface area (Å²) in [6.45, 7) is 0. The molecule has 0 heterocycles. The average Bonchev–Trinajstić information content (AvgIpc) is 1.54. The van der Waals surface area contributed by atoms with E-state index in [4.69, 9.17) is 45.0 Å². The second-order valence-corrected chi connectivity index (χ2v) is 0.750. The molecule has 0 aromatic rings. The van der Waals surface area contributed by atoms with Gasteiger partial charge in [-0.3, -0.25) is 0 Å². The Morgan fingerprint density at radius 2 is 0.500 bits per heavy atom. The summed E-state index contributed by atoms with van der Waals surface area (Å²) in [5, 5.41) is 50.0. The van der Waals surface area contributed by atoms with Crippen LogP contribution >= 0.6 is 0 Å². The van der Waals surface area contributed by atoms with E-state index in [1.54, 1.807) is 0 Å². The number of hydrogen-bond acceptors (Lipinski definition) is 9. The van der Waals surface area contributed by atoms with Gasteiger partial charge in [-0.25, -0.2) is 0 Å². The van der Waals surface area contributed by atoms with Crippen molar-refractivity contribution in [1.29, 1.82) is 0 Å². The molecule has 0 spiro atoms. The number of rotatable bonds is 0. The summed E-state index contributed by atoms with van der Waals surface area (Å²) >= 11 is 0. The summed E-state index contributed by atoms with van der Waals surface area (Å²) in [5.41, 5.74) is 0. The van der Waals surface area contributed by atoms with E-state index in [0.29, 0.717) is 0 Å². The molecule has 0 N–H and O–H groups in total.